The standard InChI is InChI=1S/C34H53N2O4P/c1-5-9-17-29(7-3)25-36(26-30(8-4)18-10-6-2)34(38)27-40-24-23-35-33(37)28-41(39,31-19-13-11-14-20-31)32-21-15-12-16-22-32/h11-16,19-22,29-30H,5-10,17-18,23-28H2,1-4H3,(H,35,37). The van der Waals surface area contributed by atoms with Gasteiger partial charge in [0.1, 0.15) is 6.61 Å². The minimum atomic E-state index is -3.13. The van der Waals surface area contributed by atoms with Gasteiger partial charge in [0.2, 0.25) is 11.8 Å². The molecule has 0 aromatic heterocycles. The molecule has 2 aromatic carbocycles. The summed E-state index contributed by atoms with van der Waals surface area (Å²) in [5.41, 5.74) is 0. The van der Waals surface area contributed by atoms with Crippen molar-refractivity contribution in [1.82, 2.24) is 10.2 Å². The zero-order valence-electron chi connectivity index (χ0n) is 25.9. The van der Waals surface area contributed by atoms with Gasteiger partial charge in [-0.1, -0.05) is 127 Å². The smallest absolute Gasteiger partial charge is 0.248 e. The molecule has 0 radical (unpaired) electrons. The van der Waals surface area contributed by atoms with Crippen LogP contribution in [0.1, 0.15) is 79.1 Å². The molecule has 0 bridgehead atoms. The van der Waals surface area contributed by atoms with Crippen molar-refractivity contribution in [2.45, 2.75) is 79.1 Å². The number of ether oxygens (including phenoxy) is 1. The second kappa shape index (κ2) is 19.6. The Balaban J connectivity index is 1.92. The number of hydrogen-bond acceptors (Lipinski definition) is 4. The molecule has 0 fully saturated rings. The molecule has 0 saturated heterocycles. The van der Waals surface area contributed by atoms with Crippen LogP contribution in [0.15, 0.2) is 60.7 Å². The van der Waals surface area contributed by atoms with Crippen LogP contribution in [0.2, 0.25) is 0 Å². The molecular formula is C34H53N2O4P. The van der Waals surface area contributed by atoms with Gasteiger partial charge in [-0.05, 0) is 24.7 Å². The van der Waals surface area contributed by atoms with Crippen molar-refractivity contribution in [3.8, 4) is 0 Å². The summed E-state index contributed by atoms with van der Waals surface area (Å²) in [7, 11) is -3.13. The van der Waals surface area contributed by atoms with Gasteiger partial charge in [0.25, 0.3) is 0 Å². The highest BCUT2D eigenvalue weighted by atomic mass is 31.2. The number of nitrogens with zero attached hydrogens (tertiary/aromatic N) is 1. The molecule has 2 aromatic rings. The van der Waals surface area contributed by atoms with Crippen molar-refractivity contribution in [3.05, 3.63) is 60.7 Å². The second-order valence-electron chi connectivity index (χ2n) is 11.1. The molecule has 2 amide bonds. The average Bonchev–Trinajstić information content (AvgIpc) is 3.00. The quantitative estimate of drug-likeness (QED) is 0.136. The molecule has 41 heavy (non-hydrogen) atoms. The fourth-order valence-electron chi connectivity index (χ4n) is 5.18. The van der Waals surface area contributed by atoms with Crippen molar-refractivity contribution in [2.24, 2.45) is 11.8 Å². The molecule has 0 spiro atoms. The number of benzene rings is 2. The van der Waals surface area contributed by atoms with Gasteiger partial charge in [-0.3, -0.25) is 9.59 Å². The fourth-order valence-corrected chi connectivity index (χ4v) is 7.66. The van der Waals surface area contributed by atoms with E-state index in [4.69, 9.17) is 4.74 Å². The van der Waals surface area contributed by atoms with E-state index in [1.165, 1.54) is 25.7 Å². The Bertz CT molecular complexity index is 986. The molecule has 7 heteroatoms. The summed E-state index contributed by atoms with van der Waals surface area (Å²) >= 11 is 0. The van der Waals surface area contributed by atoms with Crippen LogP contribution in [0.25, 0.3) is 0 Å². The molecule has 2 atom stereocenters. The van der Waals surface area contributed by atoms with Gasteiger partial charge in [-0.2, -0.15) is 0 Å². The molecule has 2 unspecified atom stereocenters. The number of rotatable bonds is 21. The topological polar surface area (TPSA) is 75.7 Å². The number of amides is 2. The Hall–Kier alpha value is -2.43. The van der Waals surface area contributed by atoms with E-state index in [0.717, 1.165) is 38.8 Å². The Morgan fingerprint density at radius 1 is 0.805 bits per heavy atom. The molecule has 6 nitrogen and oxygen atoms in total. The van der Waals surface area contributed by atoms with Gasteiger partial charge in [0.15, 0.2) is 7.14 Å². The number of carbonyl (C=O) groups is 2. The second-order valence-corrected chi connectivity index (χ2v) is 13.9. The lowest BCUT2D eigenvalue weighted by atomic mass is 9.95. The zero-order chi connectivity index (χ0) is 29.9. The van der Waals surface area contributed by atoms with Crippen molar-refractivity contribution >= 4 is 29.6 Å². The van der Waals surface area contributed by atoms with Gasteiger partial charge >= 0.3 is 0 Å². The van der Waals surface area contributed by atoms with Crippen LogP contribution in [0.3, 0.4) is 0 Å². The van der Waals surface area contributed by atoms with Crippen molar-refractivity contribution in [1.29, 1.82) is 0 Å². The van der Waals surface area contributed by atoms with Gasteiger partial charge in [0.05, 0.1) is 12.8 Å². The van der Waals surface area contributed by atoms with E-state index in [0.29, 0.717) is 22.4 Å². The van der Waals surface area contributed by atoms with Crippen molar-refractivity contribution in [2.75, 3.05) is 39.0 Å². The first kappa shape index (κ1) is 34.8. The third kappa shape index (κ3) is 12.1. The zero-order valence-corrected chi connectivity index (χ0v) is 26.7. The third-order valence-electron chi connectivity index (χ3n) is 7.90. The lowest BCUT2D eigenvalue weighted by Gasteiger charge is -2.30. The summed E-state index contributed by atoms with van der Waals surface area (Å²) in [6.07, 6.45) is 9.02. The highest BCUT2D eigenvalue weighted by molar-refractivity contribution is 7.79. The average molecular weight is 585 g/mol. The molecule has 0 aliphatic heterocycles. The van der Waals surface area contributed by atoms with E-state index >= 15 is 0 Å². The molecule has 0 aliphatic carbocycles. The molecular weight excluding hydrogens is 531 g/mol. The number of unbranched alkanes of at least 4 members (excludes halogenated alkanes) is 2. The van der Waals surface area contributed by atoms with E-state index in [1.54, 1.807) is 0 Å². The van der Waals surface area contributed by atoms with Gasteiger partial charge < -0.3 is 19.5 Å². The van der Waals surface area contributed by atoms with Crippen LogP contribution >= 0.6 is 7.14 Å². The third-order valence-corrected chi connectivity index (χ3v) is 10.9. The monoisotopic (exact) mass is 584 g/mol. The maximum atomic E-state index is 14.1. The summed E-state index contributed by atoms with van der Waals surface area (Å²) in [4.78, 5) is 28.2. The molecule has 2 rings (SSSR count). The summed E-state index contributed by atoms with van der Waals surface area (Å²) in [5, 5.41) is 4.18. The molecule has 1 N–H and O–H groups in total. The van der Waals surface area contributed by atoms with E-state index in [9.17, 15) is 14.2 Å². The van der Waals surface area contributed by atoms with Crippen molar-refractivity contribution in [3.63, 3.8) is 0 Å². The van der Waals surface area contributed by atoms with E-state index < -0.39 is 7.14 Å². The number of hydrogen-bond donors (Lipinski definition) is 1. The van der Waals surface area contributed by atoms with Gasteiger partial charge in [-0.15, -0.1) is 0 Å². The summed E-state index contributed by atoms with van der Waals surface area (Å²) in [6, 6.07) is 18.4. The Kier molecular flexibility index (Phi) is 16.7. The minimum Gasteiger partial charge on any atom is -0.370 e. The first-order valence-electron chi connectivity index (χ1n) is 15.7. The molecule has 0 saturated carbocycles. The SMILES string of the molecule is CCCCC(CC)CN(CC(CC)CCCC)C(=O)COCCNC(=O)CP(=O)(c1ccccc1)c1ccccc1. The van der Waals surface area contributed by atoms with E-state index in [-0.39, 0.29) is 37.7 Å². The lowest BCUT2D eigenvalue weighted by molar-refractivity contribution is -0.137. The first-order valence-corrected chi connectivity index (χ1v) is 17.6. The van der Waals surface area contributed by atoms with Crippen LogP contribution in [-0.2, 0) is 18.9 Å². The van der Waals surface area contributed by atoms with Crippen LogP contribution in [-0.4, -0.2) is 55.7 Å². The normalized spacial score (nSPS) is 13.0. The highest BCUT2D eigenvalue weighted by Crippen LogP contribution is 2.42. The molecule has 0 aliphatic rings. The first-order chi connectivity index (χ1) is 19.9. The number of carbonyl (C=O) groups excluding carboxylic acids is 2. The minimum absolute atomic E-state index is 0.0107. The maximum absolute atomic E-state index is 14.1. The lowest BCUT2D eigenvalue weighted by Crippen LogP contribution is -2.41. The Morgan fingerprint density at radius 3 is 1.73 bits per heavy atom. The predicted octanol–water partition coefficient (Wildman–Crippen LogP) is 6.39. The van der Waals surface area contributed by atoms with E-state index in [2.05, 4.69) is 33.0 Å². The Morgan fingerprint density at radius 2 is 1.29 bits per heavy atom. The highest BCUT2D eigenvalue weighted by Gasteiger charge is 2.30. The Labute approximate surface area is 249 Å². The van der Waals surface area contributed by atoms with Crippen LogP contribution < -0.4 is 15.9 Å². The van der Waals surface area contributed by atoms with Crippen molar-refractivity contribution < 1.29 is 18.9 Å². The van der Waals surface area contributed by atoms with Crippen LogP contribution in [0.4, 0.5) is 0 Å². The largest absolute Gasteiger partial charge is 0.370 e. The van der Waals surface area contributed by atoms with E-state index in [1.807, 2.05) is 65.6 Å². The summed E-state index contributed by atoms with van der Waals surface area (Å²) in [5.74, 6) is 0.749. The molecule has 0 heterocycles. The summed E-state index contributed by atoms with van der Waals surface area (Å²) < 4.78 is 19.8. The molecule has 228 valence electrons. The predicted molar refractivity (Wildman–Crippen MR) is 172 cm³/mol. The maximum Gasteiger partial charge on any atom is 0.248 e. The van der Waals surface area contributed by atoms with Crippen LogP contribution in [0.5, 0.6) is 0 Å². The number of nitrogens with one attached hydrogen (secondary N) is 1. The summed E-state index contributed by atoms with van der Waals surface area (Å²) in [6.45, 7) is 10.9. The van der Waals surface area contributed by atoms with Gasteiger partial charge in [0, 0.05) is 30.2 Å². The van der Waals surface area contributed by atoms with Gasteiger partial charge in [-0.25, -0.2) is 0 Å². The fraction of sp³-hybridized carbons (Fsp3) is 0.588. The van der Waals surface area contributed by atoms with Crippen LogP contribution in [0, 0.1) is 11.8 Å².